The number of imidazole rings is 1. The van der Waals surface area contributed by atoms with E-state index in [9.17, 15) is 9.59 Å². The van der Waals surface area contributed by atoms with Crippen molar-refractivity contribution in [2.75, 3.05) is 26.2 Å². The standard InChI is InChI=1S/C25H38N4O3/c1-3-16-28(17-4-2)24(30)19-29-21-12-8-7-11-20(21)27-23(29)14-6-5-9-15-26-25(31)22-13-10-18-32-22/h7-8,11-12,22H,3-6,9-10,13-19H2,1-2H3,(H,26,31). The number of unbranched alkanes of at least 4 members (excludes halogenated alkanes) is 2. The minimum Gasteiger partial charge on any atom is -0.368 e. The molecule has 1 aromatic heterocycles. The van der Waals surface area contributed by atoms with Crippen LogP contribution in [-0.4, -0.2) is 58.6 Å². The Hall–Kier alpha value is -2.41. The largest absolute Gasteiger partial charge is 0.368 e. The van der Waals surface area contributed by atoms with Crippen molar-refractivity contribution in [1.29, 1.82) is 0 Å². The fourth-order valence-corrected chi connectivity index (χ4v) is 4.32. The van der Waals surface area contributed by atoms with Crippen LogP contribution in [0.2, 0.25) is 0 Å². The highest BCUT2D eigenvalue weighted by Crippen LogP contribution is 2.18. The molecule has 176 valence electrons. The number of carbonyl (C=O) groups is 2. The molecule has 7 nitrogen and oxygen atoms in total. The summed E-state index contributed by atoms with van der Waals surface area (Å²) in [5, 5.41) is 2.98. The second-order valence-electron chi connectivity index (χ2n) is 8.59. The number of nitrogens with zero attached hydrogens (tertiary/aromatic N) is 3. The summed E-state index contributed by atoms with van der Waals surface area (Å²) >= 11 is 0. The molecule has 1 fully saturated rings. The van der Waals surface area contributed by atoms with Crippen molar-refractivity contribution in [1.82, 2.24) is 19.8 Å². The maximum atomic E-state index is 13.0. The van der Waals surface area contributed by atoms with Gasteiger partial charge in [-0.1, -0.05) is 32.4 Å². The minimum atomic E-state index is -0.257. The third kappa shape index (κ3) is 6.55. The number of hydrogen-bond donors (Lipinski definition) is 1. The molecule has 1 aliphatic heterocycles. The molecule has 2 aromatic rings. The van der Waals surface area contributed by atoms with Crippen LogP contribution < -0.4 is 5.32 Å². The molecule has 7 heteroatoms. The van der Waals surface area contributed by atoms with Crippen LogP contribution in [0.5, 0.6) is 0 Å². The van der Waals surface area contributed by atoms with Crippen LogP contribution in [0, 0.1) is 0 Å². The zero-order chi connectivity index (χ0) is 22.8. The van der Waals surface area contributed by atoms with Crippen LogP contribution in [0.15, 0.2) is 24.3 Å². The number of rotatable bonds is 13. The average Bonchev–Trinajstić information content (AvgIpc) is 3.45. The van der Waals surface area contributed by atoms with E-state index in [0.717, 1.165) is 81.3 Å². The van der Waals surface area contributed by atoms with E-state index in [4.69, 9.17) is 9.72 Å². The van der Waals surface area contributed by atoms with E-state index < -0.39 is 0 Å². The summed E-state index contributed by atoms with van der Waals surface area (Å²) in [5.41, 5.74) is 1.96. The molecule has 0 bridgehead atoms. The zero-order valence-electron chi connectivity index (χ0n) is 19.6. The first-order chi connectivity index (χ1) is 15.6. The number of hydrogen-bond acceptors (Lipinski definition) is 4. The van der Waals surface area contributed by atoms with E-state index in [0.29, 0.717) is 19.7 Å². The fraction of sp³-hybridized carbons (Fsp3) is 0.640. The first-order valence-electron chi connectivity index (χ1n) is 12.2. The first-order valence-corrected chi connectivity index (χ1v) is 12.2. The van der Waals surface area contributed by atoms with Gasteiger partial charge in [-0.25, -0.2) is 4.98 Å². The van der Waals surface area contributed by atoms with E-state index >= 15 is 0 Å². The molecule has 2 amide bonds. The number of aromatic nitrogens is 2. The van der Waals surface area contributed by atoms with E-state index in [-0.39, 0.29) is 17.9 Å². The lowest BCUT2D eigenvalue weighted by Gasteiger charge is -2.22. The Morgan fingerprint density at radius 2 is 1.94 bits per heavy atom. The Morgan fingerprint density at radius 3 is 2.66 bits per heavy atom. The van der Waals surface area contributed by atoms with Crippen molar-refractivity contribution in [3.63, 3.8) is 0 Å². The highest BCUT2D eigenvalue weighted by Gasteiger charge is 2.22. The summed E-state index contributed by atoms with van der Waals surface area (Å²) in [6.45, 7) is 7.52. The highest BCUT2D eigenvalue weighted by atomic mass is 16.5. The number of nitrogens with one attached hydrogen (secondary N) is 1. The molecule has 32 heavy (non-hydrogen) atoms. The third-order valence-electron chi connectivity index (χ3n) is 5.97. The Bertz CT molecular complexity index is 867. The SMILES string of the molecule is CCCN(CCC)C(=O)Cn1c(CCCCCNC(=O)C2CCCO2)nc2ccccc21. The van der Waals surface area contributed by atoms with E-state index in [1.165, 1.54) is 0 Å². The molecule has 3 rings (SSSR count). The average molecular weight is 443 g/mol. The number of carbonyl (C=O) groups excluding carboxylic acids is 2. The Labute approximate surface area is 191 Å². The molecule has 1 aromatic carbocycles. The topological polar surface area (TPSA) is 76.5 Å². The molecular formula is C25H38N4O3. The third-order valence-corrected chi connectivity index (χ3v) is 5.97. The fourth-order valence-electron chi connectivity index (χ4n) is 4.32. The maximum Gasteiger partial charge on any atom is 0.249 e. The number of para-hydroxylation sites is 2. The predicted molar refractivity (Wildman–Crippen MR) is 126 cm³/mol. The van der Waals surface area contributed by atoms with Gasteiger partial charge in [0.05, 0.1) is 11.0 Å². The number of ether oxygens (including phenoxy) is 1. The summed E-state index contributed by atoms with van der Waals surface area (Å²) < 4.78 is 7.51. The van der Waals surface area contributed by atoms with Gasteiger partial charge in [0.2, 0.25) is 11.8 Å². The van der Waals surface area contributed by atoms with Crippen LogP contribution in [-0.2, 0) is 27.3 Å². The second-order valence-corrected chi connectivity index (χ2v) is 8.59. The molecule has 0 radical (unpaired) electrons. The van der Waals surface area contributed by atoms with Gasteiger partial charge in [-0.15, -0.1) is 0 Å². The number of aryl methyl sites for hydroxylation is 1. The van der Waals surface area contributed by atoms with Gasteiger partial charge in [0.1, 0.15) is 18.5 Å². The Morgan fingerprint density at radius 1 is 1.16 bits per heavy atom. The summed E-state index contributed by atoms with van der Waals surface area (Å²) in [6.07, 6.45) is 7.19. The van der Waals surface area contributed by atoms with Crippen LogP contribution >= 0.6 is 0 Å². The van der Waals surface area contributed by atoms with Crippen LogP contribution in [0.1, 0.15) is 64.6 Å². The lowest BCUT2D eigenvalue weighted by molar-refractivity contribution is -0.132. The van der Waals surface area contributed by atoms with Crippen LogP contribution in [0.4, 0.5) is 0 Å². The monoisotopic (exact) mass is 442 g/mol. The summed E-state index contributed by atoms with van der Waals surface area (Å²) in [6, 6.07) is 8.05. The molecule has 1 N–H and O–H groups in total. The van der Waals surface area contributed by atoms with Crippen molar-refractivity contribution >= 4 is 22.8 Å². The summed E-state index contributed by atoms with van der Waals surface area (Å²) in [4.78, 5) is 31.8. The first kappa shape index (κ1) is 24.2. The van der Waals surface area contributed by atoms with Crippen molar-refractivity contribution in [3.8, 4) is 0 Å². The van der Waals surface area contributed by atoms with E-state index in [1.807, 2.05) is 29.2 Å². The van der Waals surface area contributed by atoms with Gasteiger partial charge < -0.3 is 19.5 Å². The molecule has 1 aliphatic rings. The molecule has 1 atom stereocenters. The molecule has 0 saturated carbocycles. The van der Waals surface area contributed by atoms with Crippen molar-refractivity contribution < 1.29 is 14.3 Å². The van der Waals surface area contributed by atoms with Gasteiger partial charge in [0.15, 0.2) is 0 Å². The quantitative estimate of drug-likeness (QED) is 0.480. The summed E-state index contributed by atoms with van der Waals surface area (Å²) in [7, 11) is 0. The number of benzene rings is 1. The lowest BCUT2D eigenvalue weighted by atomic mass is 10.1. The van der Waals surface area contributed by atoms with Crippen LogP contribution in [0.25, 0.3) is 11.0 Å². The molecular weight excluding hydrogens is 404 g/mol. The van der Waals surface area contributed by atoms with Crippen LogP contribution in [0.3, 0.4) is 0 Å². The molecule has 1 unspecified atom stereocenters. The maximum absolute atomic E-state index is 13.0. The van der Waals surface area contributed by atoms with Gasteiger partial charge in [0, 0.05) is 32.7 Å². The predicted octanol–water partition coefficient (Wildman–Crippen LogP) is 3.69. The smallest absolute Gasteiger partial charge is 0.249 e. The van der Waals surface area contributed by atoms with Gasteiger partial charge in [-0.05, 0) is 50.7 Å². The van der Waals surface area contributed by atoms with E-state index in [2.05, 4.69) is 23.7 Å². The van der Waals surface area contributed by atoms with Crippen molar-refractivity contribution in [2.45, 2.75) is 77.9 Å². The summed E-state index contributed by atoms with van der Waals surface area (Å²) in [5.74, 6) is 1.15. The second kappa shape index (κ2) is 12.6. The molecule has 0 aliphatic carbocycles. The molecule has 0 spiro atoms. The Kier molecular flexibility index (Phi) is 9.53. The van der Waals surface area contributed by atoms with Gasteiger partial charge in [-0.3, -0.25) is 9.59 Å². The lowest BCUT2D eigenvalue weighted by Crippen LogP contribution is -2.35. The van der Waals surface area contributed by atoms with Crippen molar-refractivity contribution in [3.05, 3.63) is 30.1 Å². The minimum absolute atomic E-state index is 0.0199. The molecule has 2 heterocycles. The van der Waals surface area contributed by atoms with E-state index in [1.54, 1.807) is 0 Å². The number of amides is 2. The highest BCUT2D eigenvalue weighted by molar-refractivity contribution is 5.81. The molecule has 1 saturated heterocycles. The number of fused-ring (bicyclic) bond motifs is 1. The van der Waals surface area contributed by atoms with Gasteiger partial charge in [0.25, 0.3) is 0 Å². The Balaban J connectivity index is 1.54. The van der Waals surface area contributed by atoms with Gasteiger partial charge in [-0.2, -0.15) is 0 Å². The normalized spacial score (nSPS) is 15.9. The zero-order valence-corrected chi connectivity index (χ0v) is 19.6. The van der Waals surface area contributed by atoms with Gasteiger partial charge >= 0.3 is 0 Å². The van der Waals surface area contributed by atoms with Crippen molar-refractivity contribution in [2.24, 2.45) is 0 Å².